The van der Waals surface area contributed by atoms with Crippen molar-refractivity contribution in [2.45, 2.75) is 25.2 Å². The minimum absolute atomic E-state index is 0.148. The Balaban J connectivity index is 1.40. The van der Waals surface area contributed by atoms with Crippen LogP contribution in [0.2, 0.25) is 0 Å². The van der Waals surface area contributed by atoms with Crippen molar-refractivity contribution in [1.82, 2.24) is 10.2 Å². The third-order valence-corrected chi connectivity index (χ3v) is 6.15. The van der Waals surface area contributed by atoms with Crippen LogP contribution < -0.4 is 10.6 Å². The zero-order valence-corrected chi connectivity index (χ0v) is 20.2. The topological polar surface area (TPSA) is 101 Å². The predicted molar refractivity (Wildman–Crippen MR) is 136 cm³/mol. The smallest absolute Gasteiger partial charge is 0.411 e. The van der Waals surface area contributed by atoms with E-state index < -0.39 is 30.1 Å². The molecule has 38 heavy (non-hydrogen) atoms. The number of carbonyl (C=O) groups excluding carboxylic acids is 3. The van der Waals surface area contributed by atoms with Crippen LogP contribution in [0.15, 0.2) is 102 Å². The van der Waals surface area contributed by atoms with Gasteiger partial charge >= 0.3 is 6.09 Å². The van der Waals surface area contributed by atoms with Gasteiger partial charge in [-0.05, 0) is 53.1 Å². The number of anilines is 1. The summed E-state index contributed by atoms with van der Waals surface area (Å²) in [5.41, 5.74) is 2.53. The number of carbonyl (C=O) groups is 3. The van der Waals surface area contributed by atoms with Gasteiger partial charge in [0, 0.05) is 12.2 Å². The minimum atomic E-state index is -0.987. The average molecular weight is 514 g/mol. The molecular formula is C29H24FN3O5. The normalized spacial score (nSPS) is 16.7. The molecule has 3 aromatic carbocycles. The quantitative estimate of drug-likeness (QED) is 0.343. The third kappa shape index (κ3) is 5.57. The Bertz CT molecular complexity index is 1420. The lowest BCUT2D eigenvalue weighted by Crippen LogP contribution is -2.46. The third-order valence-electron chi connectivity index (χ3n) is 6.15. The summed E-state index contributed by atoms with van der Waals surface area (Å²) in [5.74, 6) is -1.08. The van der Waals surface area contributed by atoms with Crippen molar-refractivity contribution in [3.8, 4) is 0 Å². The van der Waals surface area contributed by atoms with Crippen LogP contribution >= 0.6 is 0 Å². The Morgan fingerprint density at radius 2 is 1.68 bits per heavy atom. The van der Waals surface area contributed by atoms with Gasteiger partial charge in [0.1, 0.15) is 5.82 Å². The van der Waals surface area contributed by atoms with Crippen molar-refractivity contribution in [3.05, 3.63) is 126 Å². The molecule has 0 radical (unpaired) electrons. The molecule has 8 nitrogen and oxygen atoms in total. The molecule has 1 aliphatic rings. The maximum Gasteiger partial charge on any atom is 0.411 e. The van der Waals surface area contributed by atoms with E-state index in [1.165, 1.54) is 23.3 Å². The van der Waals surface area contributed by atoms with Gasteiger partial charge in [-0.3, -0.25) is 14.5 Å². The molecule has 2 N–H and O–H groups in total. The lowest BCUT2D eigenvalue weighted by atomic mass is 10.00. The summed E-state index contributed by atoms with van der Waals surface area (Å²) in [6.07, 6.45) is -0.162. The molecule has 0 saturated carbocycles. The van der Waals surface area contributed by atoms with Gasteiger partial charge in [-0.15, -0.1) is 0 Å². The molecule has 5 rings (SSSR count). The van der Waals surface area contributed by atoms with Crippen molar-refractivity contribution in [2.75, 3.05) is 5.32 Å². The van der Waals surface area contributed by atoms with Crippen molar-refractivity contribution < 1.29 is 27.9 Å². The van der Waals surface area contributed by atoms with Crippen LogP contribution in [0, 0.1) is 5.82 Å². The number of cyclic esters (lactones) is 1. The molecule has 2 atom stereocenters. The number of ether oxygens (including phenoxy) is 1. The van der Waals surface area contributed by atoms with Crippen molar-refractivity contribution in [2.24, 2.45) is 0 Å². The number of benzene rings is 3. The van der Waals surface area contributed by atoms with E-state index in [1.54, 1.807) is 48.5 Å². The summed E-state index contributed by atoms with van der Waals surface area (Å²) in [4.78, 5) is 40.3. The van der Waals surface area contributed by atoms with Gasteiger partial charge in [-0.1, -0.05) is 54.6 Å². The fraction of sp³-hybridized carbons (Fsp3) is 0.138. The van der Waals surface area contributed by atoms with Crippen LogP contribution in [-0.2, 0) is 22.6 Å². The van der Waals surface area contributed by atoms with E-state index in [2.05, 4.69) is 10.6 Å². The first-order chi connectivity index (χ1) is 18.5. The minimum Gasteiger partial charge on any atom is -0.459 e. The molecule has 192 valence electrons. The van der Waals surface area contributed by atoms with E-state index in [0.717, 1.165) is 5.56 Å². The van der Waals surface area contributed by atoms with Crippen LogP contribution in [0.3, 0.4) is 0 Å². The molecule has 0 aliphatic carbocycles. The zero-order valence-electron chi connectivity index (χ0n) is 20.2. The standard InChI is InChI=1S/C29H24FN3O5/c30-22-13-11-19(12-14-22)17-31-28(35)25-26(38-29(36)33(25)18-20-6-2-1-3-7-20)21-8-4-9-23(16-21)32-27(34)24-10-5-15-37-24/h1-16,25-26H,17-18H2,(H,31,35)(H,32,34)/t25-,26+/m0/s1. The van der Waals surface area contributed by atoms with Crippen LogP contribution in [0.5, 0.6) is 0 Å². The Morgan fingerprint density at radius 3 is 2.42 bits per heavy atom. The molecule has 9 heteroatoms. The molecule has 1 aliphatic heterocycles. The Labute approximate surface area is 218 Å². The largest absolute Gasteiger partial charge is 0.459 e. The van der Waals surface area contributed by atoms with Crippen molar-refractivity contribution in [3.63, 3.8) is 0 Å². The molecule has 0 bridgehead atoms. The van der Waals surface area contributed by atoms with Gasteiger partial charge in [-0.25, -0.2) is 9.18 Å². The fourth-order valence-corrected chi connectivity index (χ4v) is 4.28. The van der Waals surface area contributed by atoms with Gasteiger partial charge in [0.05, 0.1) is 12.8 Å². The van der Waals surface area contributed by atoms with Gasteiger partial charge in [0.15, 0.2) is 17.9 Å². The number of hydrogen-bond donors (Lipinski definition) is 2. The highest BCUT2D eigenvalue weighted by Gasteiger charge is 2.47. The molecule has 3 amide bonds. The Hall–Kier alpha value is -4.92. The van der Waals surface area contributed by atoms with Crippen LogP contribution in [0.1, 0.15) is 33.3 Å². The number of halogens is 1. The summed E-state index contributed by atoms with van der Waals surface area (Å²) in [5, 5.41) is 5.59. The number of nitrogens with one attached hydrogen (secondary N) is 2. The second-order valence-electron chi connectivity index (χ2n) is 8.76. The van der Waals surface area contributed by atoms with Crippen LogP contribution in [0.25, 0.3) is 0 Å². The summed E-state index contributed by atoms with van der Waals surface area (Å²) >= 11 is 0. The van der Waals surface area contributed by atoms with Gasteiger partial charge in [-0.2, -0.15) is 0 Å². The number of hydrogen-bond acceptors (Lipinski definition) is 5. The van der Waals surface area contributed by atoms with Crippen molar-refractivity contribution in [1.29, 1.82) is 0 Å². The maximum absolute atomic E-state index is 13.5. The highest BCUT2D eigenvalue weighted by molar-refractivity contribution is 6.02. The molecule has 2 heterocycles. The number of rotatable bonds is 8. The predicted octanol–water partition coefficient (Wildman–Crippen LogP) is 5.05. The molecule has 1 aromatic heterocycles. The lowest BCUT2D eigenvalue weighted by Gasteiger charge is -2.24. The first-order valence-corrected chi connectivity index (χ1v) is 12.0. The van der Waals surface area contributed by atoms with Crippen LogP contribution in [0.4, 0.5) is 14.9 Å². The lowest BCUT2D eigenvalue weighted by molar-refractivity contribution is -0.126. The number of amides is 3. The summed E-state index contributed by atoms with van der Waals surface area (Å²) in [7, 11) is 0. The van der Waals surface area contributed by atoms with Gasteiger partial charge in [0.25, 0.3) is 5.91 Å². The maximum atomic E-state index is 13.5. The SMILES string of the molecule is O=C(Nc1cccc([C@H]2OC(=O)N(Cc3ccccc3)[C@@H]2C(=O)NCc2ccc(F)cc2)c1)c1ccco1. The fourth-order valence-electron chi connectivity index (χ4n) is 4.28. The molecule has 0 spiro atoms. The van der Waals surface area contributed by atoms with E-state index in [0.29, 0.717) is 16.8 Å². The van der Waals surface area contributed by atoms with Crippen molar-refractivity contribution >= 4 is 23.6 Å². The van der Waals surface area contributed by atoms with Crippen LogP contribution in [-0.4, -0.2) is 28.8 Å². The van der Waals surface area contributed by atoms with Gasteiger partial charge in [0.2, 0.25) is 5.91 Å². The second-order valence-corrected chi connectivity index (χ2v) is 8.76. The first kappa shape index (κ1) is 24.8. The highest BCUT2D eigenvalue weighted by atomic mass is 19.1. The number of furan rings is 1. The Kier molecular flexibility index (Phi) is 7.17. The molecule has 4 aromatic rings. The van der Waals surface area contributed by atoms with Gasteiger partial charge < -0.3 is 19.8 Å². The summed E-state index contributed by atoms with van der Waals surface area (Å²) in [6, 6.07) is 24.0. The summed E-state index contributed by atoms with van der Waals surface area (Å²) < 4.78 is 24.1. The first-order valence-electron chi connectivity index (χ1n) is 12.0. The van der Waals surface area contributed by atoms with E-state index >= 15 is 0 Å². The molecule has 0 unspecified atom stereocenters. The highest BCUT2D eigenvalue weighted by Crippen LogP contribution is 2.35. The molecular weight excluding hydrogens is 489 g/mol. The second kappa shape index (κ2) is 11.0. The monoisotopic (exact) mass is 513 g/mol. The molecule has 1 fully saturated rings. The Morgan fingerprint density at radius 1 is 0.895 bits per heavy atom. The van der Waals surface area contributed by atoms with E-state index in [4.69, 9.17) is 9.15 Å². The van der Waals surface area contributed by atoms with E-state index in [9.17, 15) is 18.8 Å². The molecule has 1 saturated heterocycles. The summed E-state index contributed by atoms with van der Waals surface area (Å²) in [6.45, 7) is 0.314. The zero-order chi connectivity index (χ0) is 26.5. The van der Waals surface area contributed by atoms with E-state index in [-0.39, 0.29) is 24.7 Å². The average Bonchev–Trinajstić information content (AvgIpc) is 3.58. The van der Waals surface area contributed by atoms with E-state index in [1.807, 2.05) is 30.3 Å². The number of nitrogens with zero attached hydrogens (tertiary/aromatic N) is 1.